The van der Waals surface area contributed by atoms with Gasteiger partial charge in [0.05, 0.1) is 0 Å². The first-order valence-corrected chi connectivity index (χ1v) is 6.70. The predicted octanol–water partition coefficient (Wildman–Crippen LogP) is 3.33. The molecule has 2 nitrogen and oxygen atoms in total. The van der Waals surface area contributed by atoms with Gasteiger partial charge in [0.15, 0.2) is 0 Å². The Kier molecular flexibility index (Phi) is 6.91. The highest BCUT2D eigenvalue weighted by Crippen LogP contribution is 2.20. The van der Waals surface area contributed by atoms with Crippen molar-refractivity contribution in [1.82, 2.24) is 5.32 Å². The Balaban J connectivity index is 2.63. The van der Waals surface area contributed by atoms with Crippen LogP contribution in [0.3, 0.4) is 0 Å². The molecule has 1 rings (SSSR count). The summed E-state index contributed by atoms with van der Waals surface area (Å²) in [6.07, 6.45) is 0.914. The summed E-state index contributed by atoms with van der Waals surface area (Å²) in [5.41, 5.74) is 1.04. The van der Waals surface area contributed by atoms with Gasteiger partial charge in [-0.2, -0.15) is 0 Å². The molecule has 3 heteroatoms. The quantitative estimate of drug-likeness (QED) is 0.717. The van der Waals surface area contributed by atoms with Gasteiger partial charge in [-0.3, -0.25) is 0 Å². The Morgan fingerprint density at radius 2 is 2.11 bits per heavy atom. The summed E-state index contributed by atoms with van der Waals surface area (Å²) < 4.78 is 18.7. The zero-order valence-electron chi connectivity index (χ0n) is 11.6. The molecule has 0 fully saturated rings. The summed E-state index contributed by atoms with van der Waals surface area (Å²) in [5, 5.41) is 3.41. The fourth-order valence-electron chi connectivity index (χ4n) is 1.89. The highest BCUT2D eigenvalue weighted by Gasteiger charge is 2.12. The van der Waals surface area contributed by atoms with Crippen LogP contribution in [0.15, 0.2) is 24.3 Å². The molecule has 0 bridgehead atoms. The number of ether oxygens (including phenoxy) is 1. The molecular formula is C15H24FNO. The standard InChI is InChI=1S/C15H24FNO/c1-4-18-9-8-14(11-17-12(2)3)13-6-5-7-15(16)10-13/h5-7,10,12,14,17H,4,8-9,11H2,1-3H3. The SMILES string of the molecule is CCOCCC(CNC(C)C)c1cccc(F)c1. The highest BCUT2D eigenvalue weighted by atomic mass is 19.1. The van der Waals surface area contributed by atoms with E-state index < -0.39 is 0 Å². The van der Waals surface area contributed by atoms with Gasteiger partial charge in [-0.1, -0.05) is 26.0 Å². The first-order valence-electron chi connectivity index (χ1n) is 6.70. The maximum absolute atomic E-state index is 13.3. The summed E-state index contributed by atoms with van der Waals surface area (Å²) in [4.78, 5) is 0. The molecule has 0 saturated heterocycles. The van der Waals surface area contributed by atoms with Crippen molar-refractivity contribution < 1.29 is 9.13 Å². The van der Waals surface area contributed by atoms with Crippen LogP contribution in [0, 0.1) is 5.82 Å². The van der Waals surface area contributed by atoms with Crippen LogP contribution in [-0.4, -0.2) is 25.8 Å². The van der Waals surface area contributed by atoms with E-state index in [0.29, 0.717) is 12.0 Å². The second kappa shape index (κ2) is 8.22. The Morgan fingerprint density at radius 3 is 2.72 bits per heavy atom. The zero-order chi connectivity index (χ0) is 13.4. The molecule has 0 aromatic heterocycles. The van der Waals surface area contributed by atoms with Crippen molar-refractivity contribution in [1.29, 1.82) is 0 Å². The number of benzene rings is 1. The van der Waals surface area contributed by atoms with E-state index in [4.69, 9.17) is 4.74 Å². The second-order valence-corrected chi connectivity index (χ2v) is 4.80. The molecular weight excluding hydrogens is 229 g/mol. The summed E-state index contributed by atoms with van der Waals surface area (Å²) in [7, 11) is 0. The number of halogens is 1. The van der Waals surface area contributed by atoms with Gasteiger partial charge in [-0.15, -0.1) is 0 Å². The molecule has 0 aliphatic carbocycles. The third-order valence-corrected chi connectivity index (χ3v) is 2.91. The van der Waals surface area contributed by atoms with Crippen molar-refractivity contribution in [3.05, 3.63) is 35.6 Å². The van der Waals surface area contributed by atoms with Crippen LogP contribution in [0.5, 0.6) is 0 Å². The summed E-state index contributed by atoms with van der Waals surface area (Å²) in [6, 6.07) is 7.31. The van der Waals surface area contributed by atoms with Crippen molar-refractivity contribution in [3.8, 4) is 0 Å². The molecule has 0 aliphatic rings. The summed E-state index contributed by atoms with van der Waals surface area (Å²) in [6.45, 7) is 8.53. The third-order valence-electron chi connectivity index (χ3n) is 2.91. The minimum atomic E-state index is -0.168. The van der Waals surface area contributed by atoms with E-state index in [1.807, 2.05) is 13.0 Å². The van der Waals surface area contributed by atoms with Crippen molar-refractivity contribution >= 4 is 0 Å². The lowest BCUT2D eigenvalue weighted by Crippen LogP contribution is -2.28. The summed E-state index contributed by atoms with van der Waals surface area (Å²) in [5.74, 6) is 0.133. The van der Waals surface area contributed by atoms with Gasteiger partial charge in [0.2, 0.25) is 0 Å². The van der Waals surface area contributed by atoms with E-state index in [1.165, 1.54) is 6.07 Å². The molecule has 102 valence electrons. The van der Waals surface area contributed by atoms with Crippen molar-refractivity contribution in [2.24, 2.45) is 0 Å². The Labute approximate surface area is 110 Å². The average molecular weight is 253 g/mol. The Hall–Kier alpha value is -0.930. The van der Waals surface area contributed by atoms with Crippen molar-refractivity contribution in [3.63, 3.8) is 0 Å². The van der Waals surface area contributed by atoms with E-state index in [0.717, 1.165) is 31.7 Å². The van der Waals surface area contributed by atoms with Crippen LogP contribution < -0.4 is 5.32 Å². The van der Waals surface area contributed by atoms with Crippen LogP contribution in [-0.2, 0) is 4.74 Å². The number of rotatable bonds is 8. The van der Waals surface area contributed by atoms with Crippen LogP contribution in [0.1, 0.15) is 38.7 Å². The minimum absolute atomic E-state index is 0.168. The Bertz CT molecular complexity index is 341. The zero-order valence-corrected chi connectivity index (χ0v) is 11.6. The molecule has 1 aromatic rings. The molecule has 0 aliphatic heterocycles. The van der Waals surface area contributed by atoms with E-state index in [9.17, 15) is 4.39 Å². The first kappa shape index (κ1) is 15.1. The van der Waals surface area contributed by atoms with E-state index >= 15 is 0 Å². The van der Waals surface area contributed by atoms with E-state index in [-0.39, 0.29) is 5.82 Å². The van der Waals surface area contributed by atoms with Crippen LogP contribution in [0.4, 0.5) is 4.39 Å². The molecule has 1 unspecified atom stereocenters. The maximum atomic E-state index is 13.3. The largest absolute Gasteiger partial charge is 0.382 e. The van der Waals surface area contributed by atoms with Gasteiger partial charge in [-0.05, 0) is 37.0 Å². The van der Waals surface area contributed by atoms with E-state index in [2.05, 4.69) is 19.2 Å². The fraction of sp³-hybridized carbons (Fsp3) is 0.600. The molecule has 0 saturated carbocycles. The van der Waals surface area contributed by atoms with E-state index in [1.54, 1.807) is 12.1 Å². The second-order valence-electron chi connectivity index (χ2n) is 4.80. The normalized spacial score (nSPS) is 12.9. The monoisotopic (exact) mass is 253 g/mol. The van der Waals surface area contributed by atoms with Crippen LogP contribution in [0.25, 0.3) is 0 Å². The molecule has 1 atom stereocenters. The minimum Gasteiger partial charge on any atom is -0.382 e. The molecule has 1 aromatic carbocycles. The van der Waals surface area contributed by atoms with Crippen molar-refractivity contribution in [2.45, 2.75) is 39.2 Å². The maximum Gasteiger partial charge on any atom is 0.123 e. The molecule has 0 amide bonds. The van der Waals surface area contributed by atoms with Gasteiger partial charge < -0.3 is 10.1 Å². The lowest BCUT2D eigenvalue weighted by molar-refractivity contribution is 0.139. The number of hydrogen-bond donors (Lipinski definition) is 1. The topological polar surface area (TPSA) is 21.3 Å². The lowest BCUT2D eigenvalue weighted by atomic mass is 9.95. The fourth-order valence-corrected chi connectivity index (χ4v) is 1.89. The van der Waals surface area contributed by atoms with Gasteiger partial charge in [0.1, 0.15) is 5.82 Å². The van der Waals surface area contributed by atoms with Gasteiger partial charge in [0.25, 0.3) is 0 Å². The Morgan fingerprint density at radius 1 is 1.33 bits per heavy atom. The van der Waals surface area contributed by atoms with Gasteiger partial charge in [-0.25, -0.2) is 4.39 Å². The van der Waals surface area contributed by atoms with Crippen molar-refractivity contribution in [2.75, 3.05) is 19.8 Å². The first-order chi connectivity index (χ1) is 8.63. The van der Waals surface area contributed by atoms with Gasteiger partial charge >= 0.3 is 0 Å². The molecule has 1 N–H and O–H groups in total. The highest BCUT2D eigenvalue weighted by molar-refractivity contribution is 5.21. The third kappa shape index (κ3) is 5.61. The molecule has 0 spiro atoms. The molecule has 0 heterocycles. The van der Waals surface area contributed by atoms with Crippen LogP contribution >= 0.6 is 0 Å². The number of nitrogens with one attached hydrogen (secondary N) is 1. The smallest absolute Gasteiger partial charge is 0.123 e. The number of hydrogen-bond acceptors (Lipinski definition) is 2. The predicted molar refractivity (Wildman–Crippen MR) is 73.4 cm³/mol. The average Bonchev–Trinajstić information content (AvgIpc) is 2.33. The van der Waals surface area contributed by atoms with Gasteiger partial charge in [0, 0.05) is 25.8 Å². The van der Waals surface area contributed by atoms with Crippen LogP contribution in [0.2, 0.25) is 0 Å². The summed E-state index contributed by atoms with van der Waals surface area (Å²) >= 11 is 0. The lowest BCUT2D eigenvalue weighted by Gasteiger charge is -2.19. The molecule has 18 heavy (non-hydrogen) atoms. The molecule has 0 radical (unpaired) electrons.